The summed E-state index contributed by atoms with van der Waals surface area (Å²) in [5.41, 5.74) is -3.07. The van der Waals surface area contributed by atoms with Gasteiger partial charge in [0.15, 0.2) is 0 Å². The number of amides is 1. The summed E-state index contributed by atoms with van der Waals surface area (Å²) in [5.74, 6) is 0.123. The standard InChI is InChI=1S/C17H14F6N4O2.C3H8/c1-9(10-6-11(16(18,19)20)8-12(7-10)17(21,22)23)25-14-24-3-2-13(26-14)27-4-5-29-15(27)28;1-3-2/h2-3,6-9H,4-5H2,1H3,(H,24,25,26);3H2,1-2H3/t9-;/m0./s1. The van der Waals surface area contributed by atoms with E-state index in [4.69, 9.17) is 4.74 Å². The second kappa shape index (κ2) is 10.0. The molecule has 1 fully saturated rings. The number of carbonyl (C=O) groups is 1. The van der Waals surface area contributed by atoms with Crippen molar-refractivity contribution in [2.24, 2.45) is 0 Å². The smallest absolute Gasteiger partial charge is 0.416 e. The molecule has 2 aromatic rings. The Kier molecular flexibility index (Phi) is 7.92. The Bertz CT molecular complexity index is 901. The van der Waals surface area contributed by atoms with Crippen LogP contribution >= 0.6 is 0 Å². The Morgan fingerprint density at radius 1 is 1.09 bits per heavy atom. The minimum Gasteiger partial charge on any atom is -0.447 e. The Balaban J connectivity index is 0.00000114. The molecule has 0 aliphatic carbocycles. The van der Waals surface area contributed by atoms with Gasteiger partial charge in [0.2, 0.25) is 5.95 Å². The highest BCUT2D eigenvalue weighted by molar-refractivity contribution is 5.88. The molecule has 1 aromatic heterocycles. The zero-order valence-corrected chi connectivity index (χ0v) is 17.5. The molecule has 1 N–H and O–H groups in total. The van der Waals surface area contributed by atoms with Crippen LogP contribution in [-0.4, -0.2) is 29.2 Å². The van der Waals surface area contributed by atoms with Gasteiger partial charge in [0.1, 0.15) is 12.4 Å². The van der Waals surface area contributed by atoms with Gasteiger partial charge in [0, 0.05) is 6.20 Å². The van der Waals surface area contributed by atoms with Crippen LogP contribution in [0.15, 0.2) is 30.5 Å². The summed E-state index contributed by atoms with van der Waals surface area (Å²) in [6.45, 7) is 6.05. The molecule has 176 valence electrons. The van der Waals surface area contributed by atoms with Gasteiger partial charge in [-0.3, -0.25) is 4.90 Å². The van der Waals surface area contributed by atoms with Crippen molar-refractivity contribution in [3.63, 3.8) is 0 Å². The highest BCUT2D eigenvalue weighted by atomic mass is 19.4. The second-order valence-corrected chi connectivity index (χ2v) is 6.92. The lowest BCUT2D eigenvalue weighted by Crippen LogP contribution is -2.25. The van der Waals surface area contributed by atoms with E-state index in [-0.39, 0.29) is 36.5 Å². The quantitative estimate of drug-likeness (QED) is 0.557. The van der Waals surface area contributed by atoms with Crippen molar-refractivity contribution in [3.8, 4) is 0 Å². The first-order valence-corrected chi connectivity index (χ1v) is 9.70. The largest absolute Gasteiger partial charge is 0.447 e. The van der Waals surface area contributed by atoms with Crippen LogP contribution in [-0.2, 0) is 17.1 Å². The molecule has 1 atom stereocenters. The van der Waals surface area contributed by atoms with E-state index in [9.17, 15) is 31.1 Å². The van der Waals surface area contributed by atoms with Crippen molar-refractivity contribution in [1.82, 2.24) is 9.97 Å². The van der Waals surface area contributed by atoms with E-state index in [2.05, 4.69) is 29.1 Å². The van der Waals surface area contributed by atoms with Gasteiger partial charge in [-0.2, -0.15) is 31.3 Å². The molecule has 1 aliphatic rings. The molecule has 32 heavy (non-hydrogen) atoms. The van der Waals surface area contributed by atoms with Gasteiger partial charge in [-0.15, -0.1) is 0 Å². The highest BCUT2D eigenvalue weighted by Gasteiger charge is 2.37. The van der Waals surface area contributed by atoms with Crippen LogP contribution in [0.1, 0.15) is 49.9 Å². The van der Waals surface area contributed by atoms with Gasteiger partial charge >= 0.3 is 18.4 Å². The third kappa shape index (κ3) is 6.47. The Hall–Kier alpha value is -3.05. The molecule has 0 radical (unpaired) electrons. The molecule has 2 heterocycles. The van der Waals surface area contributed by atoms with Crippen LogP contribution < -0.4 is 10.2 Å². The molecule has 6 nitrogen and oxygen atoms in total. The van der Waals surface area contributed by atoms with E-state index in [1.807, 2.05) is 0 Å². The first-order chi connectivity index (χ1) is 14.9. The zero-order chi connectivity index (χ0) is 24.1. The molecule has 0 unspecified atom stereocenters. The molecule has 12 heteroatoms. The summed E-state index contributed by atoms with van der Waals surface area (Å²) >= 11 is 0. The van der Waals surface area contributed by atoms with E-state index >= 15 is 0 Å². The minimum atomic E-state index is -4.94. The fourth-order valence-electron chi connectivity index (χ4n) is 2.68. The number of halogens is 6. The molecule has 0 saturated carbocycles. The highest BCUT2D eigenvalue weighted by Crippen LogP contribution is 2.37. The van der Waals surface area contributed by atoms with Gasteiger partial charge in [-0.05, 0) is 36.8 Å². The van der Waals surface area contributed by atoms with E-state index in [1.165, 1.54) is 30.5 Å². The lowest BCUT2D eigenvalue weighted by Gasteiger charge is -2.19. The number of carbonyl (C=O) groups excluding carboxylic acids is 1. The van der Waals surface area contributed by atoms with Gasteiger partial charge in [-0.1, -0.05) is 20.3 Å². The summed E-state index contributed by atoms with van der Waals surface area (Å²) in [4.78, 5) is 20.8. The second-order valence-electron chi connectivity index (χ2n) is 6.92. The number of rotatable bonds is 4. The van der Waals surface area contributed by atoms with Crippen molar-refractivity contribution in [3.05, 3.63) is 47.2 Å². The monoisotopic (exact) mass is 464 g/mol. The van der Waals surface area contributed by atoms with E-state index in [1.54, 1.807) is 0 Å². The molecule has 1 amide bonds. The van der Waals surface area contributed by atoms with E-state index in [0.717, 1.165) is 0 Å². The summed E-state index contributed by atoms with van der Waals surface area (Å²) in [6, 6.07) is 1.77. The number of hydrogen-bond donors (Lipinski definition) is 1. The average molecular weight is 464 g/mol. The van der Waals surface area contributed by atoms with Crippen LogP contribution in [0.5, 0.6) is 0 Å². The number of alkyl halides is 6. The van der Waals surface area contributed by atoms with Crippen molar-refractivity contribution < 1.29 is 35.9 Å². The molecular formula is C20H22F6N4O2. The number of nitrogens with one attached hydrogen (secondary N) is 1. The number of benzene rings is 1. The first kappa shape index (κ1) is 25.2. The average Bonchev–Trinajstić information content (AvgIpc) is 3.13. The fraction of sp³-hybridized carbons (Fsp3) is 0.450. The normalized spacial score (nSPS) is 15.0. The van der Waals surface area contributed by atoms with E-state index < -0.39 is 35.6 Å². The molecule has 3 rings (SSSR count). The maximum atomic E-state index is 13.0. The van der Waals surface area contributed by atoms with Crippen molar-refractivity contribution in [2.75, 3.05) is 23.4 Å². The number of anilines is 2. The van der Waals surface area contributed by atoms with E-state index in [0.29, 0.717) is 12.1 Å². The van der Waals surface area contributed by atoms with Gasteiger partial charge in [-0.25, -0.2) is 9.78 Å². The Labute approximate surface area is 180 Å². The molecule has 0 bridgehead atoms. The predicted octanol–water partition coefficient (Wildman–Crippen LogP) is 6.06. The summed E-state index contributed by atoms with van der Waals surface area (Å²) in [5, 5.41) is 2.66. The molecule has 1 aromatic carbocycles. The summed E-state index contributed by atoms with van der Waals surface area (Å²) in [6.07, 6.45) is -7.95. The zero-order valence-electron chi connectivity index (χ0n) is 17.5. The number of aromatic nitrogens is 2. The van der Waals surface area contributed by atoms with Crippen LogP contribution in [0.25, 0.3) is 0 Å². The van der Waals surface area contributed by atoms with Crippen molar-refractivity contribution in [1.29, 1.82) is 0 Å². The summed E-state index contributed by atoms with van der Waals surface area (Å²) < 4.78 is 83.0. The first-order valence-electron chi connectivity index (χ1n) is 9.70. The van der Waals surface area contributed by atoms with Crippen molar-refractivity contribution >= 4 is 17.9 Å². The lowest BCUT2D eigenvalue weighted by atomic mass is 10.0. The fourth-order valence-corrected chi connectivity index (χ4v) is 2.68. The minimum absolute atomic E-state index is 0.0618. The number of ether oxygens (including phenoxy) is 1. The molecule has 0 spiro atoms. The van der Waals surface area contributed by atoms with Gasteiger partial charge in [0.05, 0.1) is 23.7 Å². The maximum absolute atomic E-state index is 13.0. The third-order valence-corrected chi connectivity index (χ3v) is 4.13. The van der Waals surface area contributed by atoms with Gasteiger partial charge < -0.3 is 10.1 Å². The number of nitrogens with zero attached hydrogens (tertiary/aromatic N) is 3. The SMILES string of the molecule is CCC.C[C@H](Nc1nccc(N2CCOC2=O)n1)c1cc(C(F)(F)F)cc(C(F)(F)F)c1. The molecular weight excluding hydrogens is 442 g/mol. The Morgan fingerprint density at radius 3 is 2.12 bits per heavy atom. The third-order valence-electron chi connectivity index (χ3n) is 4.13. The maximum Gasteiger partial charge on any atom is 0.416 e. The lowest BCUT2D eigenvalue weighted by molar-refractivity contribution is -0.143. The van der Waals surface area contributed by atoms with Crippen molar-refractivity contribution in [2.45, 2.75) is 45.6 Å². The van der Waals surface area contributed by atoms with Crippen LogP contribution in [0, 0.1) is 0 Å². The number of hydrogen-bond acceptors (Lipinski definition) is 5. The van der Waals surface area contributed by atoms with Crippen LogP contribution in [0.2, 0.25) is 0 Å². The van der Waals surface area contributed by atoms with Gasteiger partial charge in [0.25, 0.3) is 0 Å². The topological polar surface area (TPSA) is 67.3 Å². The molecule has 1 saturated heterocycles. The number of cyclic esters (lactones) is 1. The molecule has 1 aliphatic heterocycles. The van der Waals surface area contributed by atoms with Crippen LogP contribution in [0.3, 0.4) is 0 Å². The Morgan fingerprint density at radius 2 is 1.66 bits per heavy atom. The summed E-state index contributed by atoms with van der Waals surface area (Å²) in [7, 11) is 0. The predicted molar refractivity (Wildman–Crippen MR) is 105 cm³/mol. The van der Waals surface area contributed by atoms with Crippen LogP contribution in [0.4, 0.5) is 42.9 Å².